The van der Waals surface area contributed by atoms with Crippen LogP contribution in [-0.4, -0.2) is 26.3 Å². The van der Waals surface area contributed by atoms with E-state index in [0.29, 0.717) is 0 Å². The highest BCUT2D eigenvalue weighted by Gasteiger charge is 2.28. The number of carbonyl (C=O) groups excluding carboxylic acids is 1. The predicted octanol–water partition coefficient (Wildman–Crippen LogP) is 1.94. The normalized spacial score (nSPS) is 11.1. The van der Waals surface area contributed by atoms with Crippen molar-refractivity contribution in [3.8, 4) is 5.75 Å². The van der Waals surface area contributed by atoms with E-state index in [9.17, 15) is 18.0 Å². The molecule has 0 fully saturated rings. The van der Waals surface area contributed by atoms with Gasteiger partial charge in [0, 0.05) is 5.56 Å². The topological polar surface area (TPSA) is 26.3 Å². The van der Waals surface area contributed by atoms with E-state index in [2.05, 4.69) is 4.74 Å². The molecule has 6 heteroatoms. The summed E-state index contributed by atoms with van der Waals surface area (Å²) in [5.41, 5.74) is -0.424. The summed E-state index contributed by atoms with van der Waals surface area (Å²) >= 11 is 0. The zero-order valence-electron chi connectivity index (χ0n) is 7.54. The van der Waals surface area contributed by atoms with Gasteiger partial charge in [0.2, 0.25) is 0 Å². The molecule has 0 unspecified atom stereocenters. The van der Waals surface area contributed by atoms with Gasteiger partial charge in [0.1, 0.15) is 11.4 Å². The molecule has 0 heterocycles. The summed E-state index contributed by atoms with van der Waals surface area (Å²) in [6.45, 7) is -1.36. The van der Waals surface area contributed by atoms with Gasteiger partial charge in [-0.05, 0) is 24.3 Å². The van der Waals surface area contributed by atoms with Crippen LogP contribution in [0.15, 0.2) is 24.3 Å². The fraction of sp³-hybridized carbons (Fsp3) is 0.222. The number of halogens is 3. The minimum atomic E-state index is -4.37. The van der Waals surface area contributed by atoms with Crippen molar-refractivity contribution >= 4 is 13.5 Å². The first-order valence-corrected chi connectivity index (χ1v) is 3.98. The van der Waals surface area contributed by atoms with Crippen molar-refractivity contribution in [2.45, 2.75) is 6.18 Å². The van der Waals surface area contributed by atoms with E-state index in [1.54, 1.807) is 0 Å². The molecule has 1 aromatic carbocycles. The maximum absolute atomic E-state index is 11.7. The molecule has 1 rings (SSSR count). The second-order valence-corrected chi connectivity index (χ2v) is 2.79. The molecule has 78 valence electrons. The zero-order chi connectivity index (χ0) is 11.5. The summed E-state index contributed by atoms with van der Waals surface area (Å²) in [6.07, 6.45) is -4.37. The minimum Gasteiger partial charge on any atom is -0.484 e. The average Bonchev–Trinajstić information content (AvgIpc) is 2.14. The fourth-order valence-corrected chi connectivity index (χ4v) is 0.881. The molecule has 2 radical (unpaired) electrons. The van der Waals surface area contributed by atoms with E-state index in [1.165, 1.54) is 24.3 Å². The van der Waals surface area contributed by atoms with Crippen molar-refractivity contribution in [1.29, 1.82) is 0 Å². The number of benzene rings is 1. The van der Waals surface area contributed by atoms with Crippen LogP contribution >= 0.6 is 0 Å². The van der Waals surface area contributed by atoms with Crippen molar-refractivity contribution in [1.82, 2.24) is 0 Å². The van der Waals surface area contributed by atoms with Crippen molar-refractivity contribution < 1.29 is 22.7 Å². The lowest BCUT2D eigenvalue weighted by atomic mass is 9.95. The van der Waals surface area contributed by atoms with E-state index >= 15 is 0 Å². The van der Waals surface area contributed by atoms with E-state index in [4.69, 9.17) is 7.85 Å². The number of ether oxygens (including phenoxy) is 1. The molecule has 0 saturated carbocycles. The smallest absolute Gasteiger partial charge is 0.422 e. The summed E-state index contributed by atoms with van der Waals surface area (Å²) in [5.74, 6) is 0.0392. The van der Waals surface area contributed by atoms with Crippen molar-refractivity contribution in [3.05, 3.63) is 29.8 Å². The number of hydrogen-bond donors (Lipinski definition) is 0. The molecule has 0 aliphatic heterocycles. The van der Waals surface area contributed by atoms with Gasteiger partial charge in [-0.1, -0.05) is 0 Å². The predicted molar refractivity (Wildman–Crippen MR) is 48.1 cm³/mol. The van der Waals surface area contributed by atoms with Crippen LogP contribution in [0.1, 0.15) is 10.4 Å². The van der Waals surface area contributed by atoms with Gasteiger partial charge in [-0.2, -0.15) is 13.2 Å². The standard InChI is InChI=1S/C9H6BF3O2/c10-8(14)6-1-3-7(4-2-6)15-5-9(11,12)13/h1-4H,5H2. The Balaban J connectivity index is 2.61. The van der Waals surface area contributed by atoms with E-state index in [1.807, 2.05) is 0 Å². The van der Waals surface area contributed by atoms with Gasteiger partial charge < -0.3 is 9.53 Å². The molecule has 0 spiro atoms. The highest BCUT2D eigenvalue weighted by atomic mass is 19.4. The van der Waals surface area contributed by atoms with E-state index in [0.717, 1.165) is 0 Å². The van der Waals surface area contributed by atoms with Gasteiger partial charge in [0.25, 0.3) is 0 Å². The lowest BCUT2D eigenvalue weighted by molar-refractivity contribution is -0.153. The summed E-state index contributed by atoms with van der Waals surface area (Å²) in [5, 5.41) is 0. The molecule has 2 nitrogen and oxygen atoms in total. The molecular weight excluding hydrogens is 208 g/mol. The van der Waals surface area contributed by atoms with Crippen molar-refractivity contribution in [3.63, 3.8) is 0 Å². The summed E-state index contributed by atoms with van der Waals surface area (Å²) < 4.78 is 39.7. The van der Waals surface area contributed by atoms with Gasteiger partial charge in [-0.3, -0.25) is 0 Å². The maximum atomic E-state index is 11.7. The Hall–Kier alpha value is -1.46. The first-order valence-electron chi connectivity index (χ1n) is 3.98. The zero-order valence-corrected chi connectivity index (χ0v) is 7.54. The molecule has 0 saturated heterocycles. The van der Waals surface area contributed by atoms with Crippen LogP contribution in [0.25, 0.3) is 0 Å². The monoisotopic (exact) mass is 214 g/mol. The number of hydrogen-bond acceptors (Lipinski definition) is 2. The van der Waals surface area contributed by atoms with Crippen LogP contribution < -0.4 is 4.74 Å². The Morgan fingerprint density at radius 1 is 1.27 bits per heavy atom. The second-order valence-electron chi connectivity index (χ2n) is 2.79. The Bertz CT molecular complexity index is 345. The second kappa shape index (κ2) is 4.38. The van der Waals surface area contributed by atoms with Crippen LogP contribution in [0.5, 0.6) is 5.75 Å². The van der Waals surface area contributed by atoms with Gasteiger partial charge in [0.05, 0.1) is 0 Å². The largest absolute Gasteiger partial charge is 0.484 e. The molecule has 0 atom stereocenters. The van der Waals surface area contributed by atoms with Crippen LogP contribution in [0, 0.1) is 0 Å². The Kier molecular flexibility index (Phi) is 3.39. The van der Waals surface area contributed by atoms with Gasteiger partial charge >= 0.3 is 6.18 Å². The fourth-order valence-electron chi connectivity index (χ4n) is 0.881. The number of alkyl halides is 3. The highest BCUT2D eigenvalue weighted by molar-refractivity contribution is 6.62. The minimum absolute atomic E-state index is 0.0392. The maximum Gasteiger partial charge on any atom is 0.422 e. The Morgan fingerprint density at radius 3 is 2.20 bits per heavy atom. The third-order valence-corrected chi connectivity index (χ3v) is 1.54. The molecule has 0 amide bonds. The first-order chi connectivity index (χ1) is 6.88. The first kappa shape index (κ1) is 11.6. The number of rotatable bonds is 3. The highest BCUT2D eigenvalue weighted by Crippen LogP contribution is 2.18. The molecule has 0 aromatic heterocycles. The van der Waals surface area contributed by atoms with Crippen LogP contribution in [0.2, 0.25) is 0 Å². The molecule has 0 aliphatic rings. The lowest BCUT2D eigenvalue weighted by Gasteiger charge is -2.08. The van der Waals surface area contributed by atoms with Gasteiger partial charge in [-0.25, -0.2) is 0 Å². The summed E-state index contributed by atoms with van der Waals surface area (Å²) in [7, 11) is 4.95. The average molecular weight is 214 g/mol. The molecule has 0 N–H and O–H groups in total. The molecular formula is C9H6BF3O2. The lowest BCUT2D eigenvalue weighted by Crippen LogP contribution is -2.19. The van der Waals surface area contributed by atoms with Gasteiger partial charge in [-0.15, -0.1) is 0 Å². The SMILES string of the molecule is [B]C(=O)c1ccc(OCC(F)(F)F)cc1. The molecule has 1 aromatic rings. The summed E-state index contributed by atoms with van der Waals surface area (Å²) in [6, 6.07) is 5.11. The molecule has 15 heavy (non-hydrogen) atoms. The molecule has 0 aliphatic carbocycles. The third kappa shape index (κ3) is 4.06. The van der Waals surface area contributed by atoms with Crippen LogP contribution in [0.3, 0.4) is 0 Å². The van der Waals surface area contributed by atoms with Crippen LogP contribution in [-0.2, 0) is 0 Å². The number of carbonyl (C=O) groups is 1. The molecule has 0 bridgehead atoms. The van der Waals surface area contributed by atoms with Gasteiger partial charge in [0.15, 0.2) is 14.5 Å². The quantitative estimate of drug-likeness (QED) is 0.718. The Morgan fingerprint density at radius 2 is 1.80 bits per heavy atom. The summed E-state index contributed by atoms with van der Waals surface area (Å²) in [4.78, 5) is 10.6. The third-order valence-electron chi connectivity index (χ3n) is 1.54. The Labute approximate surface area is 85.4 Å². The van der Waals surface area contributed by atoms with Crippen molar-refractivity contribution in [2.75, 3.05) is 6.61 Å². The van der Waals surface area contributed by atoms with Crippen LogP contribution in [0.4, 0.5) is 13.2 Å². The van der Waals surface area contributed by atoms with E-state index in [-0.39, 0.29) is 11.3 Å². The van der Waals surface area contributed by atoms with Crippen molar-refractivity contribution in [2.24, 2.45) is 0 Å². The van der Waals surface area contributed by atoms with E-state index < -0.39 is 18.5 Å².